The predicted molar refractivity (Wildman–Crippen MR) is 67.2 cm³/mol. The van der Waals surface area contributed by atoms with Crippen molar-refractivity contribution < 1.29 is 31.8 Å². The van der Waals surface area contributed by atoms with Gasteiger partial charge in [0.25, 0.3) is 0 Å². The Labute approximate surface area is 123 Å². The zero-order chi connectivity index (χ0) is 16.0. The van der Waals surface area contributed by atoms with E-state index >= 15 is 0 Å². The standard InChI is InChI=1S/C11H11ClF3NO4S/c12-8-2-1-6(3-7(8)11(13,14)15)21(19,20)16-4-9(17)10(18)5-16/h1-3,9-10,17-18H,4-5H2/t9-,10+. The van der Waals surface area contributed by atoms with Gasteiger partial charge in [-0.25, -0.2) is 8.42 Å². The normalized spacial score (nSPS) is 24.5. The van der Waals surface area contributed by atoms with Crippen LogP contribution in [0.25, 0.3) is 0 Å². The maximum absolute atomic E-state index is 12.7. The maximum Gasteiger partial charge on any atom is 0.417 e. The first-order chi connectivity index (χ1) is 9.53. The average molecular weight is 346 g/mol. The number of benzene rings is 1. The maximum atomic E-state index is 12.7. The predicted octanol–water partition coefficient (Wildman–Crippen LogP) is 1.08. The summed E-state index contributed by atoms with van der Waals surface area (Å²) in [5.41, 5.74) is -1.26. The highest BCUT2D eigenvalue weighted by Crippen LogP contribution is 2.36. The van der Waals surface area contributed by atoms with Gasteiger partial charge in [-0.1, -0.05) is 11.6 Å². The van der Waals surface area contributed by atoms with Gasteiger partial charge in [-0.05, 0) is 18.2 Å². The minimum atomic E-state index is -4.79. The van der Waals surface area contributed by atoms with Crippen molar-refractivity contribution in [2.75, 3.05) is 13.1 Å². The first-order valence-corrected chi connectivity index (χ1v) is 7.58. The number of nitrogens with zero attached hydrogens (tertiary/aromatic N) is 1. The molecule has 10 heteroatoms. The lowest BCUT2D eigenvalue weighted by atomic mass is 10.2. The summed E-state index contributed by atoms with van der Waals surface area (Å²) >= 11 is 5.43. The number of hydrogen-bond acceptors (Lipinski definition) is 4. The Bertz CT molecular complexity index is 639. The third-order valence-corrected chi connectivity index (χ3v) is 5.26. The van der Waals surface area contributed by atoms with Crippen LogP contribution in [0.3, 0.4) is 0 Å². The zero-order valence-electron chi connectivity index (χ0n) is 10.4. The molecule has 2 N–H and O–H groups in total. The number of aliphatic hydroxyl groups is 2. The molecule has 0 unspecified atom stereocenters. The molecule has 0 radical (unpaired) electrons. The lowest BCUT2D eigenvalue weighted by Crippen LogP contribution is -2.30. The molecule has 1 aromatic rings. The largest absolute Gasteiger partial charge is 0.417 e. The Balaban J connectivity index is 2.42. The molecule has 0 bridgehead atoms. The van der Waals surface area contributed by atoms with E-state index in [4.69, 9.17) is 11.6 Å². The summed E-state index contributed by atoms with van der Waals surface area (Å²) in [4.78, 5) is -0.597. The zero-order valence-corrected chi connectivity index (χ0v) is 12.0. The van der Waals surface area contributed by atoms with E-state index < -0.39 is 43.9 Å². The first kappa shape index (κ1) is 16.5. The van der Waals surface area contributed by atoms with Gasteiger partial charge in [0.05, 0.1) is 27.7 Å². The van der Waals surface area contributed by atoms with E-state index in [0.717, 1.165) is 16.4 Å². The number of β-amino-alcohol motifs (C(OH)–C–C–N with tert-alkyl or cyclic N) is 2. The Kier molecular flexibility index (Phi) is 4.24. The van der Waals surface area contributed by atoms with Gasteiger partial charge in [-0.2, -0.15) is 17.5 Å². The monoisotopic (exact) mass is 345 g/mol. The number of halogens is 4. The fraction of sp³-hybridized carbons (Fsp3) is 0.455. The summed E-state index contributed by atoms with van der Waals surface area (Å²) in [6, 6.07) is 2.24. The molecule has 0 aromatic heterocycles. The molecular formula is C11H11ClF3NO4S. The average Bonchev–Trinajstić information content (AvgIpc) is 2.69. The van der Waals surface area contributed by atoms with Gasteiger partial charge in [0.2, 0.25) is 10.0 Å². The van der Waals surface area contributed by atoms with Gasteiger partial charge in [0.1, 0.15) is 0 Å². The van der Waals surface area contributed by atoms with E-state index in [0.29, 0.717) is 6.07 Å². The molecule has 2 rings (SSSR count). The first-order valence-electron chi connectivity index (χ1n) is 5.76. The molecule has 21 heavy (non-hydrogen) atoms. The summed E-state index contributed by atoms with van der Waals surface area (Å²) in [6.45, 7) is -0.763. The second kappa shape index (κ2) is 5.40. The summed E-state index contributed by atoms with van der Waals surface area (Å²) in [6.07, 6.45) is -7.32. The molecule has 1 heterocycles. The number of hydrogen-bond donors (Lipinski definition) is 2. The Hall–Kier alpha value is -0.870. The molecule has 1 fully saturated rings. The van der Waals surface area contributed by atoms with Gasteiger partial charge in [0, 0.05) is 13.1 Å². The molecule has 1 saturated heterocycles. The SMILES string of the molecule is O=S(=O)(c1ccc(Cl)c(C(F)(F)F)c1)N1C[C@@H](O)[C@@H](O)C1. The van der Waals surface area contributed by atoms with Crippen LogP contribution in [0.2, 0.25) is 5.02 Å². The van der Waals surface area contributed by atoms with Crippen molar-refractivity contribution in [1.82, 2.24) is 4.31 Å². The molecule has 1 aliphatic heterocycles. The molecule has 0 spiro atoms. The van der Waals surface area contributed by atoms with E-state index in [1.54, 1.807) is 0 Å². The van der Waals surface area contributed by atoms with E-state index in [1.165, 1.54) is 0 Å². The molecule has 0 amide bonds. The number of aliphatic hydroxyl groups excluding tert-OH is 2. The van der Waals surface area contributed by atoms with Crippen molar-refractivity contribution in [1.29, 1.82) is 0 Å². The van der Waals surface area contributed by atoms with Crippen molar-refractivity contribution in [3.05, 3.63) is 28.8 Å². The smallest absolute Gasteiger partial charge is 0.389 e. The highest BCUT2D eigenvalue weighted by Gasteiger charge is 2.39. The van der Waals surface area contributed by atoms with Crippen molar-refractivity contribution >= 4 is 21.6 Å². The Morgan fingerprint density at radius 3 is 2.19 bits per heavy atom. The van der Waals surface area contributed by atoms with Gasteiger partial charge in [0.15, 0.2) is 0 Å². The molecule has 1 aliphatic rings. The highest BCUT2D eigenvalue weighted by molar-refractivity contribution is 7.89. The molecule has 1 aromatic carbocycles. The van der Waals surface area contributed by atoms with Crippen LogP contribution < -0.4 is 0 Å². The van der Waals surface area contributed by atoms with Crippen molar-refractivity contribution in [3.63, 3.8) is 0 Å². The number of alkyl halides is 3. The molecule has 118 valence electrons. The molecular weight excluding hydrogens is 335 g/mol. The lowest BCUT2D eigenvalue weighted by Gasteiger charge is -2.17. The van der Waals surface area contributed by atoms with Gasteiger partial charge in [-0.15, -0.1) is 0 Å². The second-order valence-electron chi connectivity index (χ2n) is 4.60. The van der Waals surface area contributed by atoms with Crippen molar-refractivity contribution in [2.45, 2.75) is 23.3 Å². The molecule has 2 atom stereocenters. The number of sulfonamides is 1. The summed E-state index contributed by atoms with van der Waals surface area (Å²) in [5, 5.41) is 18.1. The fourth-order valence-corrected chi connectivity index (χ4v) is 3.69. The summed E-state index contributed by atoms with van der Waals surface area (Å²) in [5.74, 6) is 0. The quantitative estimate of drug-likeness (QED) is 0.841. The van der Waals surface area contributed by atoms with Gasteiger partial charge < -0.3 is 10.2 Å². The van der Waals surface area contributed by atoms with E-state index in [1.807, 2.05) is 0 Å². The van der Waals surface area contributed by atoms with Crippen LogP contribution in [0.5, 0.6) is 0 Å². The highest BCUT2D eigenvalue weighted by atomic mass is 35.5. The van der Waals surface area contributed by atoms with Crippen molar-refractivity contribution in [2.24, 2.45) is 0 Å². The molecule has 0 saturated carbocycles. The summed E-state index contributed by atoms with van der Waals surface area (Å²) in [7, 11) is -4.25. The van der Waals surface area contributed by atoms with Crippen LogP contribution in [-0.2, 0) is 16.2 Å². The summed E-state index contributed by atoms with van der Waals surface area (Å²) < 4.78 is 63.4. The van der Waals surface area contributed by atoms with Crippen LogP contribution in [0.15, 0.2) is 23.1 Å². The van der Waals surface area contributed by atoms with Crippen LogP contribution in [0.1, 0.15) is 5.56 Å². The minimum absolute atomic E-state index is 0.381. The van der Waals surface area contributed by atoms with E-state index in [9.17, 15) is 31.8 Å². The minimum Gasteiger partial charge on any atom is -0.389 e. The van der Waals surface area contributed by atoms with Crippen LogP contribution >= 0.6 is 11.6 Å². The topological polar surface area (TPSA) is 77.8 Å². The number of rotatable bonds is 2. The van der Waals surface area contributed by atoms with Gasteiger partial charge >= 0.3 is 6.18 Å². The van der Waals surface area contributed by atoms with Gasteiger partial charge in [-0.3, -0.25) is 0 Å². The second-order valence-corrected chi connectivity index (χ2v) is 6.94. The fourth-order valence-electron chi connectivity index (χ4n) is 1.96. The molecule has 0 aliphatic carbocycles. The van der Waals surface area contributed by atoms with E-state index in [-0.39, 0.29) is 13.1 Å². The van der Waals surface area contributed by atoms with E-state index in [2.05, 4.69) is 0 Å². The molecule has 5 nitrogen and oxygen atoms in total. The van der Waals surface area contributed by atoms with Crippen molar-refractivity contribution in [3.8, 4) is 0 Å². The third kappa shape index (κ3) is 3.16. The van der Waals surface area contributed by atoms with Crippen LogP contribution in [0.4, 0.5) is 13.2 Å². The Morgan fingerprint density at radius 1 is 1.19 bits per heavy atom. The van der Waals surface area contributed by atoms with Crippen LogP contribution in [-0.4, -0.2) is 48.2 Å². The lowest BCUT2D eigenvalue weighted by molar-refractivity contribution is -0.137. The third-order valence-electron chi connectivity index (χ3n) is 3.11. The Morgan fingerprint density at radius 2 is 1.71 bits per heavy atom. The van der Waals surface area contributed by atoms with Crippen LogP contribution in [0, 0.1) is 0 Å².